The van der Waals surface area contributed by atoms with Gasteiger partial charge in [-0.3, -0.25) is 9.69 Å². The Balaban J connectivity index is 0.00000225. The van der Waals surface area contributed by atoms with E-state index in [1.807, 2.05) is 6.92 Å². The van der Waals surface area contributed by atoms with Crippen LogP contribution in [0.25, 0.3) is 0 Å². The van der Waals surface area contributed by atoms with Crippen molar-refractivity contribution in [3.05, 3.63) is 40.6 Å². The molecular weight excluding hydrogens is 366 g/mol. The maximum absolute atomic E-state index is 12.0. The summed E-state index contributed by atoms with van der Waals surface area (Å²) in [6.45, 7) is 3.82. The number of nitrogens with one attached hydrogen (secondary N) is 1. The van der Waals surface area contributed by atoms with Crippen molar-refractivity contribution in [1.82, 2.24) is 25.2 Å². The van der Waals surface area contributed by atoms with Crippen molar-refractivity contribution in [1.29, 1.82) is 0 Å². The molecule has 1 aliphatic heterocycles. The van der Waals surface area contributed by atoms with Gasteiger partial charge in [-0.2, -0.15) is 13.5 Å². The molecule has 0 bridgehead atoms. The number of β-amino-alcohol motifs (C(OH)–C–C–N with tert-alkyl or cyclic N) is 1. The normalized spacial score (nSPS) is 15.2. The van der Waals surface area contributed by atoms with Crippen LogP contribution in [0.4, 0.5) is 0 Å². The molecular formula is C15H20ClN5O3S. The third-order valence-electron chi connectivity index (χ3n) is 3.75. The summed E-state index contributed by atoms with van der Waals surface area (Å²) in [5, 5.41) is 13.0. The van der Waals surface area contributed by atoms with E-state index in [1.54, 1.807) is 0 Å². The number of halogens is 1. The van der Waals surface area contributed by atoms with Gasteiger partial charge in [-0.25, -0.2) is 15.0 Å². The third kappa shape index (κ3) is 5.15. The molecule has 1 aliphatic rings. The number of oxazole rings is 1. The highest BCUT2D eigenvalue weighted by Crippen LogP contribution is 2.19. The maximum atomic E-state index is 12.0. The fraction of sp³-hybridized carbons (Fsp3) is 0.467. The first kappa shape index (κ1) is 19.6. The van der Waals surface area contributed by atoms with Crippen molar-refractivity contribution in [2.45, 2.75) is 26.0 Å². The maximum Gasteiger partial charge on any atom is 0.270 e. The highest BCUT2D eigenvalue weighted by molar-refractivity contribution is 7.59. The van der Waals surface area contributed by atoms with Crippen LogP contribution in [0, 0.1) is 6.92 Å². The van der Waals surface area contributed by atoms with Crippen molar-refractivity contribution in [2.75, 3.05) is 19.6 Å². The van der Waals surface area contributed by atoms with E-state index >= 15 is 0 Å². The molecule has 0 unspecified atom stereocenters. The van der Waals surface area contributed by atoms with Crippen LogP contribution in [0.1, 0.15) is 27.8 Å². The molecule has 2 N–H and O–H groups in total. The number of rotatable bonds is 5. The summed E-state index contributed by atoms with van der Waals surface area (Å²) in [7, 11) is 0. The summed E-state index contributed by atoms with van der Waals surface area (Å²) >= 11 is 5.72. The fourth-order valence-corrected chi connectivity index (χ4v) is 2.81. The van der Waals surface area contributed by atoms with Gasteiger partial charge in [0, 0.05) is 45.6 Å². The van der Waals surface area contributed by atoms with Gasteiger partial charge in [0.25, 0.3) is 5.91 Å². The Morgan fingerprint density at radius 3 is 3.08 bits per heavy atom. The van der Waals surface area contributed by atoms with E-state index in [-0.39, 0.29) is 30.9 Å². The molecule has 0 fully saturated rings. The van der Waals surface area contributed by atoms with Crippen LogP contribution in [-0.2, 0) is 13.0 Å². The smallest absolute Gasteiger partial charge is 0.270 e. The lowest BCUT2D eigenvalue weighted by molar-refractivity contribution is 0.0831. The lowest BCUT2D eigenvalue weighted by Gasteiger charge is -2.27. The zero-order valence-corrected chi connectivity index (χ0v) is 15.5. The molecule has 0 aromatic carbocycles. The molecule has 2 aromatic heterocycles. The largest absolute Gasteiger partial charge is 0.446 e. The van der Waals surface area contributed by atoms with E-state index < -0.39 is 12.0 Å². The topological polar surface area (TPSA) is 104 Å². The van der Waals surface area contributed by atoms with Gasteiger partial charge in [0.05, 0.1) is 11.8 Å². The Kier molecular flexibility index (Phi) is 6.77. The molecule has 1 atom stereocenters. The van der Waals surface area contributed by atoms with Gasteiger partial charge in [-0.15, -0.1) is 0 Å². The Morgan fingerprint density at radius 1 is 1.52 bits per heavy atom. The molecule has 0 radical (unpaired) electrons. The highest BCUT2D eigenvalue weighted by atomic mass is 35.5. The average molecular weight is 386 g/mol. The number of fused-ring (bicyclic) bond motifs is 1. The molecule has 10 heteroatoms. The van der Waals surface area contributed by atoms with Crippen LogP contribution in [0.3, 0.4) is 0 Å². The molecule has 2 aromatic rings. The lowest BCUT2D eigenvalue weighted by atomic mass is 10.1. The van der Waals surface area contributed by atoms with E-state index in [4.69, 9.17) is 16.0 Å². The van der Waals surface area contributed by atoms with Crippen molar-refractivity contribution < 1.29 is 14.3 Å². The summed E-state index contributed by atoms with van der Waals surface area (Å²) in [6.07, 6.45) is 1.30. The first-order valence-corrected chi connectivity index (χ1v) is 8.00. The number of aryl methyl sites for hydroxylation is 1. The summed E-state index contributed by atoms with van der Waals surface area (Å²) in [5.74, 6) is 1.19. The van der Waals surface area contributed by atoms with Crippen molar-refractivity contribution in [2.24, 2.45) is 0 Å². The predicted octanol–water partition coefficient (Wildman–Crippen LogP) is 0.688. The number of carbonyl (C=O) groups is 1. The molecule has 3 heterocycles. The molecule has 0 saturated carbocycles. The van der Waals surface area contributed by atoms with Crippen molar-refractivity contribution in [3.8, 4) is 0 Å². The standard InChI is InChI=1S/C15H18ClN5O3.H2S/c1-9-20-12-7-21(3-2-13(12)24-9)6-10(22)5-17-15(23)11-4-14(16)19-8-18-11;/h4,8,10,22H,2-3,5-7H2,1H3,(H,17,23);1H2/t10-;/m0./s1. The average Bonchev–Trinajstić information content (AvgIpc) is 2.92. The van der Waals surface area contributed by atoms with E-state index in [9.17, 15) is 9.90 Å². The minimum atomic E-state index is -0.694. The van der Waals surface area contributed by atoms with Gasteiger partial charge in [0.2, 0.25) is 0 Å². The highest BCUT2D eigenvalue weighted by Gasteiger charge is 2.23. The number of nitrogens with zero attached hydrogens (tertiary/aromatic N) is 4. The summed E-state index contributed by atoms with van der Waals surface area (Å²) in [6, 6.07) is 1.38. The van der Waals surface area contributed by atoms with Crippen LogP contribution in [0.15, 0.2) is 16.8 Å². The van der Waals surface area contributed by atoms with E-state index in [0.717, 1.165) is 24.4 Å². The van der Waals surface area contributed by atoms with Gasteiger partial charge in [0.15, 0.2) is 5.89 Å². The molecule has 0 saturated heterocycles. The Bertz CT molecular complexity index is 742. The van der Waals surface area contributed by atoms with E-state index in [2.05, 4.69) is 25.2 Å². The number of aliphatic hydroxyl groups excluding tert-OH is 1. The second-order valence-corrected chi connectivity index (χ2v) is 6.06. The molecule has 136 valence electrons. The van der Waals surface area contributed by atoms with Crippen LogP contribution >= 0.6 is 25.1 Å². The zero-order valence-electron chi connectivity index (χ0n) is 13.7. The summed E-state index contributed by atoms with van der Waals surface area (Å²) in [4.78, 5) is 25.9. The van der Waals surface area contributed by atoms with Crippen molar-refractivity contribution in [3.63, 3.8) is 0 Å². The molecule has 0 aliphatic carbocycles. The van der Waals surface area contributed by atoms with Crippen LogP contribution in [-0.4, -0.2) is 56.6 Å². The van der Waals surface area contributed by atoms with Crippen LogP contribution in [0.5, 0.6) is 0 Å². The van der Waals surface area contributed by atoms with Gasteiger partial charge in [-0.05, 0) is 0 Å². The number of hydrogen-bond acceptors (Lipinski definition) is 7. The Labute approximate surface area is 157 Å². The quantitative estimate of drug-likeness (QED) is 0.729. The predicted molar refractivity (Wildman–Crippen MR) is 96.0 cm³/mol. The Hall–Kier alpha value is -1.68. The van der Waals surface area contributed by atoms with Crippen molar-refractivity contribution >= 4 is 31.0 Å². The van der Waals surface area contributed by atoms with Gasteiger partial charge >= 0.3 is 0 Å². The molecule has 8 nitrogen and oxygen atoms in total. The second kappa shape index (κ2) is 8.61. The molecule has 0 spiro atoms. The van der Waals surface area contributed by atoms with Crippen LogP contribution < -0.4 is 5.32 Å². The minimum Gasteiger partial charge on any atom is -0.446 e. The van der Waals surface area contributed by atoms with Gasteiger partial charge in [0.1, 0.15) is 22.9 Å². The first-order valence-electron chi connectivity index (χ1n) is 7.62. The van der Waals surface area contributed by atoms with Gasteiger partial charge < -0.3 is 14.8 Å². The first-order chi connectivity index (χ1) is 11.5. The van der Waals surface area contributed by atoms with E-state index in [0.29, 0.717) is 19.0 Å². The van der Waals surface area contributed by atoms with Gasteiger partial charge in [-0.1, -0.05) is 11.6 Å². The Morgan fingerprint density at radius 2 is 2.32 bits per heavy atom. The molecule has 25 heavy (non-hydrogen) atoms. The summed E-state index contributed by atoms with van der Waals surface area (Å²) in [5.41, 5.74) is 1.09. The third-order valence-corrected chi connectivity index (χ3v) is 3.95. The minimum absolute atomic E-state index is 0. The van der Waals surface area contributed by atoms with E-state index in [1.165, 1.54) is 12.4 Å². The number of aromatic nitrogens is 3. The molecule has 3 rings (SSSR count). The number of aliphatic hydroxyl groups is 1. The zero-order chi connectivity index (χ0) is 17.1. The lowest BCUT2D eigenvalue weighted by Crippen LogP contribution is -2.42. The second-order valence-electron chi connectivity index (χ2n) is 5.68. The number of hydrogen-bond donors (Lipinski definition) is 2. The van der Waals surface area contributed by atoms with Crippen LogP contribution in [0.2, 0.25) is 5.15 Å². The fourth-order valence-electron chi connectivity index (χ4n) is 2.66. The SMILES string of the molecule is Cc1nc2c(o1)CCN(C[C@@H](O)CNC(=O)c1cc(Cl)ncn1)C2.S. The molecule has 1 amide bonds. The number of amides is 1. The monoisotopic (exact) mass is 385 g/mol. The summed E-state index contributed by atoms with van der Waals surface area (Å²) < 4.78 is 5.52. The number of carbonyl (C=O) groups excluding carboxylic acids is 1.